The predicted molar refractivity (Wildman–Crippen MR) is 134 cm³/mol. The van der Waals surface area contributed by atoms with E-state index < -0.39 is 16.1 Å². The number of sulfonamides is 1. The van der Waals surface area contributed by atoms with Crippen LogP contribution in [0.3, 0.4) is 0 Å². The van der Waals surface area contributed by atoms with Crippen molar-refractivity contribution in [2.45, 2.75) is 43.7 Å². The molecule has 0 saturated carbocycles. The van der Waals surface area contributed by atoms with E-state index in [1.807, 2.05) is 18.2 Å². The van der Waals surface area contributed by atoms with Crippen molar-refractivity contribution in [3.63, 3.8) is 0 Å². The Hall–Kier alpha value is -2.75. The SMILES string of the molecule is CCCCC(N=C1NS(=O)(=O)c2ccccc21)C(=O)Nc1cccc(CN2CCN(C)CC2)c1. The van der Waals surface area contributed by atoms with Crippen LogP contribution in [0.15, 0.2) is 58.4 Å². The van der Waals surface area contributed by atoms with Gasteiger partial charge < -0.3 is 10.2 Å². The Morgan fingerprint density at radius 3 is 2.65 bits per heavy atom. The van der Waals surface area contributed by atoms with Gasteiger partial charge in [-0.25, -0.2) is 8.42 Å². The molecule has 0 aromatic heterocycles. The van der Waals surface area contributed by atoms with Crippen LogP contribution in [0.4, 0.5) is 5.69 Å². The van der Waals surface area contributed by atoms with E-state index in [-0.39, 0.29) is 16.6 Å². The molecule has 4 rings (SSSR count). The normalized spacial score (nSPS) is 20.0. The lowest BCUT2D eigenvalue weighted by atomic mass is 10.1. The van der Waals surface area contributed by atoms with Crippen LogP contribution in [-0.2, 0) is 21.4 Å². The van der Waals surface area contributed by atoms with E-state index in [4.69, 9.17) is 0 Å². The molecule has 182 valence electrons. The van der Waals surface area contributed by atoms with Gasteiger partial charge in [0.25, 0.3) is 10.0 Å². The number of fused-ring (bicyclic) bond motifs is 1. The number of unbranched alkanes of at least 4 members (excludes halogenated alkanes) is 1. The smallest absolute Gasteiger partial charge is 0.263 e. The second kappa shape index (κ2) is 10.7. The average Bonchev–Trinajstić information content (AvgIpc) is 3.08. The fourth-order valence-corrected chi connectivity index (χ4v) is 5.51. The van der Waals surface area contributed by atoms with E-state index in [1.165, 1.54) is 0 Å². The Labute approximate surface area is 202 Å². The molecule has 1 fully saturated rings. The molecule has 0 bridgehead atoms. The van der Waals surface area contributed by atoms with E-state index in [0.717, 1.165) is 56.8 Å². The summed E-state index contributed by atoms with van der Waals surface area (Å²) < 4.78 is 27.4. The summed E-state index contributed by atoms with van der Waals surface area (Å²) in [6, 6.07) is 13.9. The Kier molecular flexibility index (Phi) is 7.65. The summed E-state index contributed by atoms with van der Waals surface area (Å²) in [4.78, 5) is 22.7. The van der Waals surface area contributed by atoms with Gasteiger partial charge in [-0.15, -0.1) is 0 Å². The molecule has 1 atom stereocenters. The van der Waals surface area contributed by atoms with Gasteiger partial charge in [0.15, 0.2) is 0 Å². The monoisotopic (exact) mass is 483 g/mol. The van der Waals surface area contributed by atoms with Crippen LogP contribution in [0, 0.1) is 0 Å². The molecule has 2 aromatic rings. The van der Waals surface area contributed by atoms with Crippen molar-refractivity contribution in [3.05, 3.63) is 59.7 Å². The highest BCUT2D eigenvalue weighted by atomic mass is 32.2. The zero-order valence-corrected chi connectivity index (χ0v) is 20.6. The van der Waals surface area contributed by atoms with Gasteiger partial charge in [0.05, 0.1) is 4.90 Å². The van der Waals surface area contributed by atoms with Gasteiger partial charge in [-0.05, 0) is 43.3 Å². The summed E-state index contributed by atoms with van der Waals surface area (Å²) in [5.41, 5.74) is 2.38. The fourth-order valence-electron chi connectivity index (χ4n) is 4.27. The number of piperazine rings is 1. The third kappa shape index (κ3) is 5.84. The molecular weight excluding hydrogens is 450 g/mol. The van der Waals surface area contributed by atoms with Gasteiger partial charge in [0.1, 0.15) is 11.9 Å². The summed E-state index contributed by atoms with van der Waals surface area (Å²) >= 11 is 0. The van der Waals surface area contributed by atoms with Gasteiger partial charge in [-0.3, -0.25) is 19.4 Å². The molecule has 2 aromatic carbocycles. The summed E-state index contributed by atoms with van der Waals surface area (Å²) in [7, 11) is -1.51. The lowest BCUT2D eigenvalue weighted by molar-refractivity contribution is -0.117. The maximum atomic E-state index is 13.2. The minimum Gasteiger partial charge on any atom is -0.324 e. The fraction of sp³-hybridized carbons (Fsp3) is 0.440. The number of benzene rings is 2. The minimum atomic E-state index is -3.65. The maximum Gasteiger partial charge on any atom is 0.263 e. The summed E-state index contributed by atoms with van der Waals surface area (Å²) in [6.45, 7) is 7.07. The molecule has 1 saturated heterocycles. The van der Waals surface area contributed by atoms with Gasteiger partial charge in [0, 0.05) is 44.0 Å². The highest BCUT2D eigenvalue weighted by molar-refractivity contribution is 7.90. The van der Waals surface area contributed by atoms with Crippen LogP contribution in [0.25, 0.3) is 0 Å². The number of anilines is 1. The predicted octanol–water partition coefficient (Wildman–Crippen LogP) is 2.67. The number of aliphatic imine (C=N–C) groups is 1. The lowest BCUT2D eigenvalue weighted by Crippen LogP contribution is -2.43. The molecular formula is C25H33N5O3S. The van der Waals surface area contributed by atoms with Crippen LogP contribution in [0.1, 0.15) is 37.3 Å². The van der Waals surface area contributed by atoms with Crippen LogP contribution >= 0.6 is 0 Å². The van der Waals surface area contributed by atoms with Crippen LogP contribution in [0.2, 0.25) is 0 Å². The van der Waals surface area contributed by atoms with E-state index in [2.05, 4.69) is 44.9 Å². The number of rotatable bonds is 8. The standard InChI is InChI=1S/C25H33N5O3S/c1-3-4-11-22(27-24-21-10-5-6-12-23(21)34(32,33)28-24)25(31)26-20-9-7-8-19(17-20)18-30-15-13-29(2)14-16-30/h5-10,12,17,22H,3-4,11,13-16,18H2,1-2H3,(H,26,31)(H,27,28). The van der Waals surface area contributed by atoms with Crippen molar-refractivity contribution in [3.8, 4) is 0 Å². The maximum absolute atomic E-state index is 13.2. The number of amides is 1. The van der Waals surface area contributed by atoms with Gasteiger partial charge >= 0.3 is 0 Å². The van der Waals surface area contributed by atoms with Crippen molar-refractivity contribution < 1.29 is 13.2 Å². The number of hydrogen-bond donors (Lipinski definition) is 2. The van der Waals surface area contributed by atoms with Crippen LogP contribution in [0.5, 0.6) is 0 Å². The molecule has 0 radical (unpaired) electrons. The van der Waals surface area contributed by atoms with Crippen molar-refractivity contribution in [2.24, 2.45) is 4.99 Å². The van der Waals surface area contributed by atoms with Crippen LogP contribution in [-0.4, -0.2) is 69.2 Å². The Morgan fingerprint density at radius 2 is 1.88 bits per heavy atom. The molecule has 2 N–H and O–H groups in total. The number of nitrogens with one attached hydrogen (secondary N) is 2. The summed E-state index contributed by atoms with van der Waals surface area (Å²) in [6.07, 6.45) is 2.26. The first kappa shape index (κ1) is 24.4. The molecule has 9 heteroatoms. The molecule has 0 spiro atoms. The van der Waals surface area contributed by atoms with Crippen molar-refractivity contribution in [1.29, 1.82) is 0 Å². The van der Waals surface area contributed by atoms with Crippen molar-refractivity contribution in [1.82, 2.24) is 14.5 Å². The lowest BCUT2D eigenvalue weighted by Gasteiger charge is -2.32. The molecule has 0 aliphatic carbocycles. The first-order valence-electron chi connectivity index (χ1n) is 11.9. The second-order valence-corrected chi connectivity index (χ2v) is 10.7. The average molecular weight is 484 g/mol. The largest absolute Gasteiger partial charge is 0.324 e. The van der Waals surface area contributed by atoms with Gasteiger partial charge in [-0.2, -0.15) is 0 Å². The number of hydrogen-bond acceptors (Lipinski definition) is 6. The first-order valence-corrected chi connectivity index (χ1v) is 13.3. The number of nitrogens with zero attached hydrogens (tertiary/aromatic N) is 3. The topological polar surface area (TPSA) is 94.1 Å². The summed E-state index contributed by atoms with van der Waals surface area (Å²) in [5.74, 6) is -0.00283. The van der Waals surface area contributed by atoms with Crippen molar-refractivity contribution >= 4 is 27.5 Å². The first-order chi connectivity index (χ1) is 16.4. The second-order valence-electron chi connectivity index (χ2n) is 9.01. The van der Waals surface area contributed by atoms with E-state index in [1.54, 1.807) is 24.3 Å². The molecule has 2 aliphatic heterocycles. The highest BCUT2D eigenvalue weighted by Gasteiger charge is 2.31. The van der Waals surface area contributed by atoms with E-state index >= 15 is 0 Å². The molecule has 1 amide bonds. The van der Waals surface area contributed by atoms with Crippen molar-refractivity contribution in [2.75, 3.05) is 38.5 Å². The quantitative estimate of drug-likeness (QED) is 0.602. The zero-order chi connectivity index (χ0) is 24.1. The number of carbonyl (C=O) groups is 1. The van der Waals surface area contributed by atoms with E-state index in [0.29, 0.717) is 12.0 Å². The van der Waals surface area contributed by atoms with Gasteiger partial charge in [-0.1, -0.05) is 44.0 Å². The van der Waals surface area contributed by atoms with Crippen LogP contribution < -0.4 is 10.0 Å². The number of carbonyl (C=O) groups excluding carboxylic acids is 1. The molecule has 1 unspecified atom stereocenters. The third-order valence-electron chi connectivity index (χ3n) is 6.28. The Morgan fingerprint density at radius 1 is 1.12 bits per heavy atom. The number of amidine groups is 1. The molecule has 2 aliphatic rings. The van der Waals surface area contributed by atoms with Gasteiger partial charge in [0.2, 0.25) is 5.91 Å². The zero-order valence-electron chi connectivity index (χ0n) is 19.8. The molecule has 2 heterocycles. The molecule has 34 heavy (non-hydrogen) atoms. The van der Waals surface area contributed by atoms with E-state index in [9.17, 15) is 13.2 Å². The third-order valence-corrected chi connectivity index (χ3v) is 7.68. The number of likely N-dealkylation sites (N-methyl/N-ethyl adjacent to an activating group) is 1. The Bertz CT molecular complexity index is 1160. The minimum absolute atomic E-state index is 0.194. The Balaban J connectivity index is 1.49. The highest BCUT2D eigenvalue weighted by Crippen LogP contribution is 2.23. The molecule has 8 nitrogen and oxygen atoms in total. The summed E-state index contributed by atoms with van der Waals surface area (Å²) in [5, 5.41) is 3.00.